The second-order valence-electron chi connectivity index (χ2n) is 4.16. The van der Waals surface area contributed by atoms with Crippen molar-refractivity contribution in [2.45, 2.75) is 25.4 Å². The molecule has 3 rings (SSSR count). The van der Waals surface area contributed by atoms with E-state index in [1.54, 1.807) is 16.8 Å². The molecule has 0 atom stereocenters. The molecule has 0 aromatic carbocycles. The van der Waals surface area contributed by atoms with E-state index in [2.05, 4.69) is 20.6 Å². The highest BCUT2D eigenvalue weighted by molar-refractivity contribution is 6.29. The van der Waals surface area contributed by atoms with Crippen molar-refractivity contribution < 1.29 is 0 Å². The Morgan fingerprint density at radius 1 is 1.35 bits per heavy atom. The van der Waals surface area contributed by atoms with Crippen LogP contribution in [0.5, 0.6) is 0 Å². The molecule has 0 radical (unpaired) electrons. The van der Waals surface area contributed by atoms with Crippen molar-refractivity contribution in [3.8, 4) is 5.82 Å². The maximum atomic E-state index is 5.68. The van der Waals surface area contributed by atoms with Gasteiger partial charge in [0.1, 0.15) is 0 Å². The minimum Gasteiger partial charge on any atom is -0.310 e. The van der Waals surface area contributed by atoms with Crippen LogP contribution in [0.1, 0.15) is 18.4 Å². The van der Waals surface area contributed by atoms with Crippen molar-refractivity contribution in [1.29, 1.82) is 0 Å². The number of hydrogen-bond acceptors (Lipinski definition) is 4. The quantitative estimate of drug-likeness (QED) is 0.894. The highest BCUT2D eigenvalue weighted by Crippen LogP contribution is 2.19. The maximum Gasteiger partial charge on any atom is 0.175 e. The van der Waals surface area contributed by atoms with Crippen molar-refractivity contribution in [2.24, 2.45) is 0 Å². The first-order valence-electron chi connectivity index (χ1n) is 5.58. The molecule has 1 fully saturated rings. The summed E-state index contributed by atoms with van der Waals surface area (Å²) in [4.78, 5) is 0. The lowest BCUT2D eigenvalue weighted by molar-refractivity contribution is 0.687. The first-order valence-corrected chi connectivity index (χ1v) is 5.95. The highest BCUT2D eigenvalue weighted by Gasteiger charge is 2.20. The lowest BCUT2D eigenvalue weighted by Gasteiger charge is -1.99. The van der Waals surface area contributed by atoms with Gasteiger partial charge < -0.3 is 5.32 Å². The number of hydrogen-bond donors (Lipinski definition) is 1. The summed E-state index contributed by atoms with van der Waals surface area (Å²) in [7, 11) is 0. The van der Waals surface area contributed by atoms with Crippen LogP contribution in [-0.4, -0.2) is 26.0 Å². The normalized spacial score (nSPS) is 15.1. The lowest BCUT2D eigenvalue weighted by atomic mass is 10.3. The fourth-order valence-corrected chi connectivity index (χ4v) is 1.66. The highest BCUT2D eigenvalue weighted by atomic mass is 35.5. The van der Waals surface area contributed by atoms with Crippen LogP contribution in [0.3, 0.4) is 0 Å². The van der Waals surface area contributed by atoms with Gasteiger partial charge in [0.05, 0.1) is 6.20 Å². The van der Waals surface area contributed by atoms with E-state index in [0.717, 1.165) is 12.1 Å². The van der Waals surface area contributed by atoms with Crippen molar-refractivity contribution in [3.63, 3.8) is 0 Å². The Bertz CT molecular complexity index is 503. The molecule has 0 unspecified atom stereocenters. The molecule has 2 aromatic heterocycles. The van der Waals surface area contributed by atoms with Crippen LogP contribution in [0.4, 0.5) is 0 Å². The average Bonchev–Trinajstić information content (AvgIpc) is 3.06. The van der Waals surface area contributed by atoms with Gasteiger partial charge in [-0.15, -0.1) is 10.2 Å². The van der Waals surface area contributed by atoms with E-state index in [1.165, 1.54) is 12.8 Å². The van der Waals surface area contributed by atoms with Crippen LogP contribution >= 0.6 is 11.6 Å². The third-order valence-corrected chi connectivity index (χ3v) is 2.86. The third-order valence-electron chi connectivity index (χ3n) is 2.66. The van der Waals surface area contributed by atoms with Crippen molar-refractivity contribution in [1.82, 2.24) is 25.3 Å². The Balaban J connectivity index is 1.72. The Hall–Kier alpha value is -1.46. The number of rotatable bonds is 4. The number of nitrogens with one attached hydrogen (secondary N) is 1. The van der Waals surface area contributed by atoms with Crippen molar-refractivity contribution in [3.05, 3.63) is 35.2 Å². The number of aromatic nitrogens is 4. The van der Waals surface area contributed by atoms with Crippen LogP contribution < -0.4 is 5.32 Å². The fourth-order valence-electron chi connectivity index (χ4n) is 1.56. The van der Waals surface area contributed by atoms with E-state index in [1.807, 2.05) is 12.4 Å². The maximum absolute atomic E-state index is 5.68. The topological polar surface area (TPSA) is 55.6 Å². The molecule has 0 bridgehead atoms. The predicted octanol–water partition coefficient (Wildman–Crippen LogP) is 1.57. The van der Waals surface area contributed by atoms with E-state index in [4.69, 9.17) is 11.6 Å². The molecular formula is C11H12ClN5. The van der Waals surface area contributed by atoms with Gasteiger partial charge in [0.15, 0.2) is 11.0 Å². The fraction of sp³-hybridized carbons (Fsp3) is 0.364. The van der Waals surface area contributed by atoms with Crippen molar-refractivity contribution >= 4 is 11.6 Å². The molecule has 1 N–H and O–H groups in total. The number of nitrogens with zero attached hydrogens (tertiary/aromatic N) is 4. The van der Waals surface area contributed by atoms with E-state index in [9.17, 15) is 0 Å². The van der Waals surface area contributed by atoms with Gasteiger partial charge in [-0.25, -0.2) is 4.68 Å². The Labute approximate surface area is 104 Å². The van der Waals surface area contributed by atoms with Gasteiger partial charge >= 0.3 is 0 Å². The van der Waals surface area contributed by atoms with Crippen LogP contribution in [0.25, 0.3) is 5.82 Å². The molecule has 2 aromatic rings. The zero-order valence-electron chi connectivity index (χ0n) is 9.17. The Kier molecular flexibility index (Phi) is 2.78. The summed E-state index contributed by atoms with van der Waals surface area (Å²) in [5.41, 5.74) is 1.15. The molecule has 88 valence electrons. The molecule has 0 aliphatic heterocycles. The second-order valence-corrected chi connectivity index (χ2v) is 4.55. The Morgan fingerprint density at radius 3 is 2.94 bits per heavy atom. The monoisotopic (exact) mass is 249 g/mol. The summed E-state index contributed by atoms with van der Waals surface area (Å²) >= 11 is 5.68. The molecule has 0 amide bonds. The smallest absolute Gasteiger partial charge is 0.175 e. The molecule has 0 saturated heterocycles. The molecule has 1 saturated carbocycles. The zero-order valence-corrected chi connectivity index (χ0v) is 9.93. The van der Waals surface area contributed by atoms with Gasteiger partial charge in [0, 0.05) is 24.3 Å². The molecule has 1 aliphatic carbocycles. The van der Waals surface area contributed by atoms with Gasteiger partial charge in [0.25, 0.3) is 0 Å². The molecule has 5 nitrogen and oxygen atoms in total. The summed E-state index contributed by atoms with van der Waals surface area (Å²) in [5.74, 6) is 0.673. The van der Waals surface area contributed by atoms with Gasteiger partial charge in [-0.05, 0) is 25.0 Å². The summed E-state index contributed by atoms with van der Waals surface area (Å²) < 4.78 is 1.70. The molecule has 17 heavy (non-hydrogen) atoms. The van der Waals surface area contributed by atoms with Gasteiger partial charge in [-0.3, -0.25) is 0 Å². The molecule has 6 heteroatoms. The SMILES string of the molecule is Clc1ccc(-n2cc(CNC3CC3)cn2)nn1. The van der Waals surface area contributed by atoms with E-state index < -0.39 is 0 Å². The molecular weight excluding hydrogens is 238 g/mol. The average molecular weight is 250 g/mol. The zero-order chi connectivity index (χ0) is 11.7. The van der Waals surface area contributed by atoms with Crippen LogP contribution in [0.2, 0.25) is 5.15 Å². The third kappa shape index (κ3) is 2.62. The summed E-state index contributed by atoms with van der Waals surface area (Å²) in [6, 6.07) is 4.20. The number of halogens is 1. The van der Waals surface area contributed by atoms with Crippen LogP contribution in [0.15, 0.2) is 24.5 Å². The first kappa shape index (κ1) is 10.7. The largest absolute Gasteiger partial charge is 0.310 e. The molecule has 1 aliphatic rings. The van der Waals surface area contributed by atoms with Crippen LogP contribution in [-0.2, 0) is 6.54 Å². The minimum atomic E-state index is 0.386. The summed E-state index contributed by atoms with van der Waals surface area (Å²) in [6.45, 7) is 0.853. The van der Waals surface area contributed by atoms with Crippen LogP contribution in [0, 0.1) is 0 Å². The van der Waals surface area contributed by atoms with Gasteiger partial charge in [-0.1, -0.05) is 11.6 Å². The van der Waals surface area contributed by atoms with Gasteiger partial charge in [0.2, 0.25) is 0 Å². The van der Waals surface area contributed by atoms with E-state index >= 15 is 0 Å². The first-order chi connectivity index (χ1) is 8.31. The van der Waals surface area contributed by atoms with E-state index in [0.29, 0.717) is 17.0 Å². The minimum absolute atomic E-state index is 0.386. The predicted molar refractivity (Wildman–Crippen MR) is 64.0 cm³/mol. The Morgan fingerprint density at radius 2 is 2.24 bits per heavy atom. The summed E-state index contributed by atoms with van der Waals surface area (Å²) in [5, 5.41) is 15.8. The van der Waals surface area contributed by atoms with Crippen molar-refractivity contribution in [2.75, 3.05) is 0 Å². The summed E-state index contributed by atoms with van der Waals surface area (Å²) in [6.07, 6.45) is 6.37. The second kappa shape index (κ2) is 4.43. The van der Waals surface area contributed by atoms with E-state index in [-0.39, 0.29) is 0 Å². The van der Waals surface area contributed by atoms with Gasteiger partial charge in [-0.2, -0.15) is 5.10 Å². The standard InChI is InChI=1S/C11H12ClN5/c12-10-3-4-11(16-15-10)17-7-8(6-14-17)5-13-9-1-2-9/h3-4,6-7,9,13H,1-2,5H2. The molecule has 2 heterocycles. The lowest BCUT2D eigenvalue weighted by Crippen LogP contribution is -2.14. The molecule has 0 spiro atoms.